The molecule has 0 saturated carbocycles. The third-order valence-electron chi connectivity index (χ3n) is 5.62. The number of carbonyl (C=O) groups excluding carboxylic acids is 2. The number of rotatable bonds is 1. The molecular formula is C18H23N3O3. The van der Waals surface area contributed by atoms with E-state index in [1.54, 1.807) is 0 Å². The first-order chi connectivity index (χ1) is 11.6. The molecule has 1 aromatic rings. The zero-order chi connectivity index (χ0) is 16.7. The van der Waals surface area contributed by atoms with Crippen molar-refractivity contribution in [3.63, 3.8) is 0 Å². The van der Waals surface area contributed by atoms with Gasteiger partial charge in [-0.3, -0.25) is 9.69 Å². The van der Waals surface area contributed by atoms with E-state index in [4.69, 9.17) is 4.74 Å². The average Bonchev–Trinajstić information content (AvgIpc) is 2.95. The number of fused-ring (bicyclic) bond motifs is 1. The quantitative estimate of drug-likeness (QED) is 0.839. The van der Waals surface area contributed by atoms with Gasteiger partial charge in [0.1, 0.15) is 5.60 Å². The van der Waals surface area contributed by atoms with Gasteiger partial charge in [0, 0.05) is 32.5 Å². The molecule has 1 atom stereocenters. The Morgan fingerprint density at radius 2 is 1.96 bits per heavy atom. The molecule has 3 heterocycles. The van der Waals surface area contributed by atoms with Gasteiger partial charge in [0.15, 0.2) is 0 Å². The molecule has 0 bridgehead atoms. The predicted molar refractivity (Wildman–Crippen MR) is 88.4 cm³/mol. The normalized spacial score (nSPS) is 26.0. The Morgan fingerprint density at radius 1 is 1.25 bits per heavy atom. The molecule has 1 aromatic carbocycles. The van der Waals surface area contributed by atoms with Crippen molar-refractivity contribution in [3.05, 3.63) is 35.4 Å². The Hall–Kier alpha value is -2.08. The molecule has 0 aliphatic carbocycles. The van der Waals surface area contributed by atoms with Crippen molar-refractivity contribution in [1.29, 1.82) is 0 Å². The van der Waals surface area contributed by atoms with E-state index in [-0.39, 0.29) is 18.0 Å². The fourth-order valence-electron chi connectivity index (χ4n) is 4.06. The predicted octanol–water partition coefficient (Wildman–Crippen LogP) is 1.14. The molecule has 0 unspecified atom stereocenters. The smallest absolute Gasteiger partial charge is 0.407 e. The maximum atomic E-state index is 13.0. The van der Waals surface area contributed by atoms with Crippen molar-refractivity contribution in [3.8, 4) is 0 Å². The summed E-state index contributed by atoms with van der Waals surface area (Å²) in [5.74, 6) is 0.194. The van der Waals surface area contributed by atoms with E-state index in [2.05, 4.69) is 28.4 Å². The van der Waals surface area contributed by atoms with Crippen LogP contribution >= 0.6 is 0 Å². The molecule has 2 saturated heterocycles. The average molecular weight is 329 g/mol. The van der Waals surface area contributed by atoms with E-state index in [9.17, 15) is 9.59 Å². The van der Waals surface area contributed by atoms with Gasteiger partial charge in [-0.2, -0.15) is 0 Å². The van der Waals surface area contributed by atoms with Crippen molar-refractivity contribution in [2.24, 2.45) is 0 Å². The van der Waals surface area contributed by atoms with Crippen LogP contribution in [-0.4, -0.2) is 60.1 Å². The zero-order valence-electron chi connectivity index (χ0n) is 14.0. The lowest BCUT2D eigenvalue weighted by molar-refractivity contribution is -0.140. The second-order valence-corrected chi connectivity index (χ2v) is 7.16. The number of hydrogen-bond acceptors (Lipinski definition) is 4. The number of piperidine rings is 1. The summed E-state index contributed by atoms with van der Waals surface area (Å²) in [6.45, 7) is 2.68. The molecule has 6 heteroatoms. The maximum absolute atomic E-state index is 13.0. The Balaban J connectivity index is 1.43. The molecule has 2 amide bonds. The summed E-state index contributed by atoms with van der Waals surface area (Å²) in [6.07, 6.45) is 1.86. The van der Waals surface area contributed by atoms with Crippen LogP contribution in [0.2, 0.25) is 0 Å². The van der Waals surface area contributed by atoms with Gasteiger partial charge in [-0.25, -0.2) is 4.79 Å². The van der Waals surface area contributed by atoms with E-state index < -0.39 is 5.60 Å². The summed E-state index contributed by atoms with van der Waals surface area (Å²) in [4.78, 5) is 28.4. The standard InChI is InChI=1S/C18H23N3O3/c1-20-11-14-5-3-2-4-13(14)10-15(20)16(22)21-8-6-18(7-9-21)12-19-17(23)24-18/h2-5,15H,6-12H2,1H3,(H,19,23)/t15-/m0/s1. The van der Waals surface area contributed by atoms with Gasteiger partial charge in [0.2, 0.25) is 5.91 Å². The fourth-order valence-corrected chi connectivity index (χ4v) is 4.06. The lowest BCUT2D eigenvalue weighted by Gasteiger charge is -2.41. The van der Waals surface area contributed by atoms with Gasteiger partial charge >= 0.3 is 6.09 Å². The van der Waals surface area contributed by atoms with Crippen LogP contribution in [0.15, 0.2) is 24.3 Å². The highest BCUT2D eigenvalue weighted by Gasteiger charge is 2.44. The first-order valence-electron chi connectivity index (χ1n) is 8.59. The number of carbonyl (C=O) groups is 2. The first kappa shape index (κ1) is 15.4. The van der Waals surface area contributed by atoms with Crippen LogP contribution in [0.3, 0.4) is 0 Å². The molecule has 24 heavy (non-hydrogen) atoms. The van der Waals surface area contributed by atoms with E-state index in [1.165, 1.54) is 11.1 Å². The highest BCUT2D eigenvalue weighted by atomic mass is 16.6. The fraction of sp³-hybridized carbons (Fsp3) is 0.556. The number of nitrogens with zero attached hydrogens (tertiary/aromatic N) is 2. The monoisotopic (exact) mass is 329 g/mol. The first-order valence-corrected chi connectivity index (χ1v) is 8.59. The molecule has 4 rings (SSSR count). The van der Waals surface area contributed by atoms with Crippen LogP contribution in [0.5, 0.6) is 0 Å². The third-order valence-corrected chi connectivity index (χ3v) is 5.62. The number of benzene rings is 1. The number of alkyl carbamates (subject to hydrolysis) is 1. The lowest BCUT2D eigenvalue weighted by atomic mass is 9.90. The summed E-state index contributed by atoms with van der Waals surface area (Å²) >= 11 is 0. The minimum absolute atomic E-state index is 0.0989. The van der Waals surface area contributed by atoms with Gasteiger partial charge < -0.3 is 15.0 Å². The number of amides is 2. The molecule has 0 aromatic heterocycles. The molecule has 1 N–H and O–H groups in total. The minimum atomic E-state index is -0.404. The summed E-state index contributed by atoms with van der Waals surface area (Å²) in [5, 5.41) is 2.73. The van der Waals surface area contributed by atoms with E-state index in [0.29, 0.717) is 32.5 Å². The Morgan fingerprint density at radius 3 is 2.62 bits per heavy atom. The molecule has 3 aliphatic rings. The van der Waals surface area contributed by atoms with Gasteiger partial charge in [-0.1, -0.05) is 24.3 Å². The van der Waals surface area contributed by atoms with Crippen LogP contribution < -0.4 is 5.32 Å². The van der Waals surface area contributed by atoms with Crippen LogP contribution in [0.4, 0.5) is 4.79 Å². The van der Waals surface area contributed by atoms with E-state index >= 15 is 0 Å². The van der Waals surface area contributed by atoms with E-state index in [1.807, 2.05) is 18.0 Å². The molecule has 0 radical (unpaired) electrons. The van der Waals surface area contributed by atoms with E-state index in [0.717, 1.165) is 13.0 Å². The number of likely N-dealkylation sites (N-methyl/N-ethyl adjacent to an activating group) is 1. The van der Waals surface area contributed by atoms with Gasteiger partial charge in [-0.15, -0.1) is 0 Å². The second kappa shape index (κ2) is 5.77. The van der Waals surface area contributed by atoms with Gasteiger partial charge in [-0.05, 0) is 24.6 Å². The number of nitrogens with one attached hydrogen (secondary N) is 1. The Labute approximate surface area is 141 Å². The molecule has 6 nitrogen and oxygen atoms in total. The number of ether oxygens (including phenoxy) is 1. The Bertz CT molecular complexity index is 667. The largest absolute Gasteiger partial charge is 0.441 e. The summed E-state index contributed by atoms with van der Waals surface area (Å²) in [5.41, 5.74) is 2.18. The third kappa shape index (κ3) is 2.65. The second-order valence-electron chi connectivity index (χ2n) is 7.16. The van der Waals surface area contributed by atoms with Crippen LogP contribution in [0, 0.1) is 0 Å². The summed E-state index contributed by atoms with van der Waals surface area (Å²) < 4.78 is 5.43. The zero-order valence-corrected chi connectivity index (χ0v) is 14.0. The van der Waals surface area contributed by atoms with Gasteiger partial charge in [0.25, 0.3) is 0 Å². The van der Waals surface area contributed by atoms with Crippen LogP contribution in [-0.2, 0) is 22.5 Å². The highest BCUT2D eigenvalue weighted by Crippen LogP contribution is 2.30. The highest BCUT2D eigenvalue weighted by molar-refractivity contribution is 5.83. The molecule has 1 spiro atoms. The topological polar surface area (TPSA) is 61.9 Å². The SMILES string of the molecule is CN1Cc2ccccc2C[C@H]1C(=O)N1CCC2(CC1)CNC(=O)O2. The maximum Gasteiger partial charge on any atom is 0.407 e. The van der Waals surface area contributed by atoms with Crippen molar-refractivity contribution >= 4 is 12.0 Å². The lowest BCUT2D eigenvalue weighted by Crippen LogP contribution is -2.55. The minimum Gasteiger partial charge on any atom is -0.441 e. The van der Waals surface area contributed by atoms with Gasteiger partial charge in [0.05, 0.1) is 12.6 Å². The number of hydrogen-bond donors (Lipinski definition) is 1. The molecule has 128 valence electrons. The van der Waals surface area contributed by atoms with Crippen LogP contribution in [0.25, 0.3) is 0 Å². The summed E-state index contributed by atoms with van der Waals surface area (Å²) in [7, 11) is 2.02. The Kier molecular flexibility index (Phi) is 3.72. The molecule has 3 aliphatic heterocycles. The molecule has 2 fully saturated rings. The summed E-state index contributed by atoms with van der Waals surface area (Å²) in [6, 6.07) is 8.25. The van der Waals surface area contributed by atoms with Crippen molar-refractivity contribution < 1.29 is 14.3 Å². The van der Waals surface area contributed by atoms with Crippen molar-refractivity contribution in [2.45, 2.75) is 37.5 Å². The molecular weight excluding hydrogens is 306 g/mol. The number of likely N-dealkylation sites (tertiary alicyclic amines) is 1. The van der Waals surface area contributed by atoms with Crippen molar-refractivity contribution in [1.82, 2.24) is 15.1 Å². The van der Waals surface area contributed by atoms with Crippen LogP contribution in [0.1, 0.15) is 24.0 Å². The van der Waals surface area contributed by atoms with Crippen molar-refractivity contribution in [2.75, 3.05) is 26.7 Å².